The number of allylic oxidation sites excluding steroid dienone is 3. The first-order valence-corrected chi connectivity index (χ1v) is 11.8. The van der Waals surface area contributed by atoms with E-state index in [0.717, 1.165) is 11.4 Å². The molecule has 37 heavy (non-hydrogen) atoms. The molecule has 0 amide bonds. The van der Waals surface area contributed by atoms with E-state index in [-0.39, 0.29) is 18.0 Å². The number of carbonyl (C=O) groups is 1. The molecule has 0 fully saturated rings. The quantitative estimate of drug-likeness (QED) is 0.396. The van der Waals surface area contributed by atoms with E-state index in [1.54, 1.807) is 6.07 Å². The minimum Gasteiger partial charge on any atom is -0.496 e. The highest BCUT2D eigenvalue weighted by Gasteiger charge is 2.40. The Morgan fingerprint density at radius 1 is 1.24 bits per heavy atom. The number of nitro groups is 1. The summed E-state index contributed by atoms with van der Waals surface area (Å²) in [6.45, 7) is 0.203. The standard InChI is InChI=1S/C27H24N6O4/c1-37-24-11-10-17(12-18(24)15-31-16-20(14-30-31)33(35)36)25-21(13-28)27(29)32(19-6-3-2-4-7-19)22-8-5-9-23(34)26(22)25/h2-4,6-7,10-12,14,16,25H,5,8-9,15,29H2,1H3/t25-/m0/s1. The molecule has 3 aromatic rings. The van der Waals surface area contributed by atoms with Crippen LogP contribution in [0.1, 0.15) is 36.3 Å². The monoisotopic (exact) mass is 496 g/mol. The van der Waals surface area contributed by atoms with Gasteiger partial charge in [0.25, 0.3) is 0 Å². The summed E-state index contributed by atoms with van der Waals surface area (Å²) in [5.74, 6) is 0.215. The van der Waals surface area contributed by atoms with Crippen LogP contribution in [-0.4, -0.2) is 27.6 Å². The number of nitriles is 1. The lowest BCUT2D eigenvalue weighted by Gasteiger charge is -2.39. The van der Waals surface area contributed by atoms with E-state index in [2.05, 4.69) is 11.2 Å². The molecule has 1 aliphatic carbocycles. The lowest BCUT2D eigenvalue weighted by molar-refractivity contribution is -0.385. The van der Waals surface area contributed by atoms with Gasteiger partial charge in [0.1, 0.15) is 24.0 Å². The number of nitrogens with zero attached hydrogens (tertiary/aromatic N) is 5. The van der Waals surface area contributed by atoms with Gasteiger partial charge in [-0.2, -0.15) is 10.4 Å². The van der Waals surface area contributed by atoms with Gasteiger partial charge in [0, 0.05) is 28.9 Å². The molecule has 186 valence electrons. The van der Waals surface area contributed by atoms with Crippen LogP contribution < -0.4 is 15.4 Å². The Balaban J connectivity index is 1.64. The van der Waals surface area contributed by atoms with Gasteiger partial charge in [-0.3, -0.25) is 24.5 Å². The van der Waals surface area contributed by atoms with Gasteiger partial charge in [0.2, 0.25) is 0 Å². The molecular weight excluding hydrogens is 472 g/mol. The minimum atomic E-state index is -0.635. The van der Waals surface area contributed by atoms with Crippen molar-refractivity contribution in [1.29, 1.82) is 5.26 Å². The number of benzene rings is 2. The second-order valence-electron chi connectivity index (χ2n) is 8.88. The summed E-state index contributed by atoms with van der Waals surface area (Å²) >= 11 is 0. The highest BCUT2D eigenvalue weighted by molar-refractivity contribution is 6.01. The maximum Gasteiger partial charge on any atom is 0.307 e. The number of carbonyl (C=O) groups excluding carboxylic acids is 1. The van der Waals surface area contributed by atoms with E-state index >= 15 is 0 Å². The highest BCUT2D eigenvalue weighted by atomic mass is 16.6. The molecule has 1 aliphatic heterocycles. The van der Waals surface area contributed by atoms with Gasteiger partial charge >= 0.3 is 5.69 Å². The first kappa shape index (κ1) is 23.8. The first-order chi connectivity index (χ1) is 17.9. The number of aromatic nitrogens is 2. The Morgan fingerprint density at radius 3 is 2.70 bits per heavy atom. The van der Waals surface area contributed by atoms with Gasteiger partial charge in [-0.05, 0) is 42.7 Å². The van der Waals surface area contributed by atoms with Crippen LogP contribution in [0.15, 0.2) is 83.6 Å². The van der Waals surface area contributed by atoms with Crippen molar-refractivity contribution >= 4 is 17.2 Å². The third-order valence-corrected chi connectivity index (χ3v) is 6.73. The van der Waals surface area contributed by atoms with Crippen molar-refractivity contribution in [2.45, 2.75) is 31.7 Å². The number of Topliss-reactive ketones (excluding diaryl/α,β-unsaturated/α-hetero) is 1. The summed E-state index contributed by atoms with van der Waals surface area (Å²) in [7, 11) is 1.53. The van der Waals surface area contributed by atoms with Crippen LogP contribution in [-0.2, 0) is 11.3 Å². The van der Waals surface area contributed by atoms with Crippen LogP contribution in [0.25, 0.3) is 0 Å². The van der Waals surface area contributed by atoms with E-state index in [1.807, 2.05) is 47.4 Å². The first-order valence-electron chi connectivity index (χ1n) is 11.8. The van der Waals surface area contributed by atoms with Gasteiger partial charge in [0.05, 0.1) is 36.1 Å². The van der Waals surface area contributed by atoms with Crippen molar-refractivity contribution in [3.8, 4) is 11.8 Å². The zero-order chi connectivity index (χ0) is 26.1. The van der Waals surface area contributed by atoms with Crippen molar-refractivity contribution in [1.82, 2.24) is 9.78 Å². The highest BCUT2D eigenvalue weighted by Crippen LogP contribution is 2.46. The van der Waals surface area contributed by atoms with Crippen molar-refractivity contribution in [2.75, 3.05) is 12.0 Å². The third-order valence-electron chi connectivity index (χ3n) is 6.73. The Hall–Kier alpha value is -4.91. The van der Waals surface area contributed by atoms with Crippen LogP contribution in [0.5, 0.6) is 5.75 Å². The van der Waals surface area contributed by atoms with Crippen molar-refractivity contribution in [3.05, 3.63) is 105 Å². The molecule has 10 nitrogen and oxygen atoms in total. The largest absolute Gasteiger partial charge is 0.496 e. The van der Waals surface area contributed by atoms with Gasteiger partial charge in [0.15, 0.2) is 5.78 Å². The molecule has 5 rings (SSSR count). The van der Waals surface area contributed by atoms with E-state index < -0.39 is 10.8 Å². The smallest absolute Gasteiger partial charge is 0.307 e. The number of nitrogens with two attached hydrogens (primary N) is 1. The molecule has 2 aromatic carbocycles. The Bertz CT molecular complexity index is 1500. The van der Waals surface area contributed by atoms with Gasteiger partial charge in [-0.15, -0.1) is 0 Å². The molecule has 1 atom stereocenters. The summed E-state index contributed by atoms with van der Waals surface area (Å²) < 4.78 is 6.98. The zero-order valence-corrected chi connectivity index (χ0v) is 20.1. The molecule has 0 saturated heterocycles. The summed E-state index contributed by atoms with van der Waals surface area (Å²) in [6.07, 6.45) is 4.29. The third kappa shape index (κ3) is 4.21. The number of methoxy groups -OCH3 is 1. The molecule has 1 aromatic heterocycles. The van der Waals surface area contributed by atoms with E-state index in [0.29, 0.717) is 53.1 Å². The molecule has 0 bridgehead atoms. The summed E-state index contributed by atoms with van der Waals surface area (Å²) in [6, 6.07) is 17.2. The number of anilines is 1. The average molecular weight is 497 g/mol. The lowest BCUT2D eigenvalue weighted by Crippen LogP contribution is -2.38. The Morgan fingerprint density at radius 2 is 2.03 bits per heavy atom. The molecule has 0 spiro atoms. The van der Waals surface area contributed by atoms with Crippen LogP contribution in [0, 0.1) is 21.4 Å². The summed E-state index contributed by atoms with van der Waals surface area (Å²) in [4.78, 5) is 25.8. The second-order valence-corrected chi connectivity index (χ2v) is 8.88. The molecule has 0 saturated carbocycles. The minimum absolute atomic E-state index is 0.00694. The number of rotatable bonds is 6. The molecular formula is C27H24N6O4. The number of hydrogen-bond donors (Lipinski definition) is 1. The topological polar surface area (TPSA) is 140 Å². The van der Waals surface area contributed by atoms with Crippen molar-refractivity contribution < 1.29 is 14.5 Å². The number of hydrogen-bond acceptors (Lipinski definition) is 8. The molecule has 2 heterocycles. The zero-order valence-electron chi connectivity index (χ0n) is 20.1. The predicted octanol–water partition coefficient (Wildman–Crippen LogP) is 4.15. The SMILES string of the molecule is COc1ccc([C@H]2C(C#N)=C(N)N(c3ccccc3)C3=C2C(=O)CCC3)cc1Cn1cc([N+](=O)[O-])cn1. The lowest BCUT2D eigenvalue weighted by atomic mass is 9.75. The normalized spacial score (nSPS) is 17.5. The van der Waals surface area contributed by atoms with E-state index in [1.165, 1.54) is 24.2 Å². The van der Waals surface area contributed by atoms with E-state index in [4.69, 9.17) is 10.5 Å². The van der Waals surface area contributed by atoms with Crippen LogP contribution in [0.3, 0.4) is 0 Å². The summed E-state index contributed by atoms with van der Waals surface area (Å²) in [5, 5.41) is 25.4. The van der Waals surface area contributed by atoms with Gasteiger partial charge < -0.3 is 10.5 Å². The maximum absolute atomic E-state index is 13.4. The fourth-order valence-electron chi connectivity index (χ4n) is 5.10. The molecule has 0 unspecified atom stereocenters. The van der Waals surface area contributed by atoms with Gasteiger partial charge in [-0.1, -0.05) is 24.3 Å². The van der Waals surface area contributed by atoms with Crippen LogP contribution in [0.4, 0.5) is 11.4 Å². The second kappa shape index (κ2) is 9.62. The van der Waals surface area contributed by atoms with E-state index in [9.17, 15) is 20.2 Å². The fourth-order valence-corrected chi connectivity index (χ4v) is 5.10. The number of ether oxygens (including phenoxy) is 1. The Labute approximate surface area is 213 Å². The molecule has 10 heteroatoms. The predicted molar refractivity (Wildman–Crippen MR) is 135 cm³/mol. The van der Waals surface area contributed by atoms with Gasteiger partial charge in [-0.25, -0.2) is 0 Å². The molecule has 0 radical (unpaired) electrons. The average Bonchev–Trinajstić information content (AvgIpc) is 3.37. The van der Waals surface area contributed by atoms with Crippen LogP contribution in [0.2, 0.25) is 0 Å². The van der Waals surface area contributed by atoms with Crippen molar-refractivity contribution in [2.24, 2.45) is 5.73 Å². The fraction of sp³-hybridized carbons (Fsp3) is 0.222. The number of ketones is 1. The number of para-hydroxylation sites is 1. The molecule has 2 aliphatic rings. The van der Waals surface area contributed by atoms with Crippen LogP contribution >= 0.6 is 0 Å². The summed E-state index contributed by atoms with van der Waals surface area (Å²) in [5.41, 5.74) is 10.4. The Kier molecular flexibility index (Phi) is 6.19. The molecule has 2 N–H and O–H groups in total. The maximum atomic E-state index is 13.4. The van der Waals surface area contributed by atoms with Crippen molar-refractivity contribution in [3.63, 3.8) is 0 Å².